The van der Waals surface area contributed by atoms with Gasteiger partial charge in [0.2, 0.25) is 5.91 Å². The van der Waals surface area contributed by atoms with Crippen LogP contribution in [0.1, 0.15) is 29.5 Å². The van der Waals surface area contributed by atoms with E-state index in [1.54, 1.807) is 18.2 Å². The van der Waals surface area contributed by atoms with E-state index < -0.39 is 10.0 Å². The zero-order valence-corrected chi connectivity index (χ0v) is 19.8. The Labute approximate surface area is 199 Å². The normalized spacial score (nSPS) is 23.4. The van der Waals surface area contributed by atoms with Crippen molar-refractivity contribution in [3.8, 4) is 5.75 Å². The largest absolute Gasteiger partial charge is 0.493 e. The Morgan fingerprint density at radius 2 is 1.88 bits per heavy atom. The van der Waals surface area contributed by atoms with Gasteiger partial charge >= 0.3 is 0 Å². The number of carbonyl (C=O) groups excluding carboxylic acids is 1. The van der Waals surface area contributed by atoms with Crippen LogP contribution in [0.3, 0.4) is 0 Å². The fourth-order valence-corrected chi connectivity index (χ4v) is 6.72. The predicted octanol–water partition coefficient (Wildman–Crippen LogP) is 1.88. The van der Waals surface area contributed by atoms with E-state index in [2.05, 4.69) is 27.5 Å². The molecule has 0 N–H and O–H groups in total. The molecule has 0 aliphatic carbocycles. The van der Waals surface area contributed by atoms with Gasteiger partial charge in [0.15, 0.2) is 5.84 Å². The van der Waals surface area contributed by atoms with Gasteiger partial charge in [0.1, 0.15) is 16.7 Å². The Bertz CT molecular complexity index is 1270. The van der Waals surface area contributed by atoms with Crippen LogP contribution in [0, 0.1) is 0 Å². The van der Waals surface area contributed by atoms with Crippen LogP contribution in [0.5, 0.6) is 5.75 Å². The molecule has 34 heavy (non-hydrogen) atoms. The number of carbonyl (C=O) groups is 1. The Balaban J connectivity index is 1.11. The molecule has 0 bridgehead atoms. The minimum Gasteiger partial charge on any atom is -0.493 e. The Hall–Kier alpha value is -2.91. The van der Waals surface area contributed by atoms with Gasteiger partial charge in [-0.2, -0.15) is 8.42 Å². The van der Waals surface area contributed by atoms with Crippen LogP contribution in [0.15, 0.2) is 51.8 Å². The second-order valence-corrected chi connectivity index (χ2v) is 11.0. The summed E-state index contributed by atoms with van der Waals surface area (Å²) in [5, 5.41) is 0. The van der Waals surface area contributed by atoms with Crippen LogP contribution in [-0.2, 0) is 27.8 Å². The number of rotatable bonds is 3. The molecule has 2 fully saturated rings. The molecule has 1 atom stereocenters. The van der Waals surface area contributed by atoms with E-state index in [4.69, 9.17) is 4.74 Å². The third-order valence-electron chi connectivity index (χ3n) is 7.27. The number of sulfonamides is 1. The molecule has 1 amide bonds. The molecular formula is C25H28N4O4S. The number of ether oxygens (including phenoxy) is 1. The van der Waals surface area contributed by atoms with Gasteiger partial charge in [0, 0.05) is 51.3 Å². The summed E-state index contributed by atoms with van der Waals surface area (Å²) in [4.78, 5) is 19.9. The van der Waals surface area contributed by atoms with Crippen LogP contribution in [0.25, 0.3) is 0 Å². The van der Waals surface area contributed by atoms with Gasteiger partial charge in [-0.1, -0.05) is 24.3 Å². The first-order chi connectivity index (χ1) is 16.5. The summed E-state index contributed by atoms with van der Waals surface area (Å²) >= 11 is 0. The van der Waals surface area contributed by atoms with Gasteiger partial charge in [-0.15, -0.1) is 4.40 Å². The highest BCUT2D eigenvalue weighted by atomic mass is 32.2. The lowest BCUT2D eigenvalue weighted by molar-refractivity contribution is -0.136. The third-order valence-corrected chi connectivity index (χ3v) is 8.59. The molecule has 178 valence electrons. The first kappa shape index (κ1) is 21.6. The molecule has 0 aromatic heterocycles. The fraction of sp³-hybridized carbons (Fsp3) is 0.440. The molecule has 4 heterocycles. The molecule has 0 radical (unpaired) electrons. The van der Waals surface area contributed by atoms with Crippen LogP contribution in [0.4, 0.5) is 0 Å². The Morgan fingerprint density at radius 3 is 2.74 bits per heavy atom. The lowest BCUT2D eigenvalue weighted by atomic mass is 10.1. The molecule has 1 unspecified atom stereocenters. The first-order valence-electron chi connectivity index (χ1n) is 12.0. The monoisotopic (exact) mass is 480 g/mol. The van der Waals surface area contributed by atoms with E-state index in [-0.39, 0.29) is 16.8 Å². The maximum atomic E-state index is 13.5. The Kier molecular flexibility index (Phi) is 5.33. The standard InChI is InChI=1S/C25H28N4O4S/c30-25(21-5-3-10-29(21)24-20-4-1-2-6-23(20)34(31,32)26-24)28-13-11-27(12-14-28)17-18-7-8-22-19(16-18)9-15-33-22/h1-2,4,6-8,16,21H,3,5,9-15,17H2. The molecule has 4 aliphatic rings. The molecule has 2 saturated heterocycles. The average molecular weight is 481 g/mol. The van der Waals surface area contributed by atoms with Gasteiger partial charge in [-0.05, 0) is 42.2 Å². The topological polar surface area (TPSA) is 82.5 Å². The fourth-order valence-electron chi connectivity index (χ4n) is 5.51. The van der Waals surface area contributed by atoms with Gasteiger partial charge in [-0.3, -0.25) is 9.69 Å². The highest BCUT2D eigenvalue weighted by Crippen LogP contribution is 2.32. The second-order valence-electron chi connectivity index (χ2n) is 9.38. The van der Waals surface area contributed by atoms with E-state index in [1.807, 2.05) is 15.9 Å². The molecule has 2 aromatic carbocycles. The molecular weight excluding hydrogens is 452 g/mol. The zero-order chi connectivity index (χ0) is 23.3. The van der Waals surface area contributed by atoms with Crippen molar-refractivity contribution in [2.24, 2.45) is 4.40 Å². The summed E-state index contributed by atoms with van der Waals surface area (Å²) in [7, 11) is -3.70. The number of nitrogens with zero attached hydrogens (tertiary/aromatic N) is 4. The summed E-state index contributed by atoms with van der Waals surface area (Å²) in [5.74, 6) is 1.50. The van der Waals surface area contributed by atoms with Gasteiger partial charge in [0.25, 0.3) is 10.0 Å². The average Bonchev–Trinajstić information content (AvgIpc) is 3.57. The molecule has 4 aliphatic heterocycles. The van der Waals surface area contributed by atoms with Crippen LogP contribution in [-0.4, -0.2) is 80.2 Å². The number of fused-ring (bicyclic) bond motifs is 2. The van der Waals surface area contributed by atoms with Crippen molar-refractivity contribution in [2.45, 2.75) is 36.7 Å². The van der Waals surface area contributed by atoms with Crippen LogP contribution in [0.2, 0.25) is 0 Å². The molecule has 8 nitrogen and oxygen atoms in total. The van der Waals surface area contributed by atoms with Gasteiger partial charge in [-0.25, -0.2) is 0 Å². The van der Waals surface area contributed by atoms with Crippen molar-refractivity contribution in [3.05, 3.63) is 59.2 Å². The molecule has 2 aromatic rings. The number of hydrogen-bond donors (Lipinski definition) is 0. The summed E-state index contributed by atoms with van der Waals surface area (Å²) in [6, 6.07) is 13.0. The number of hydrogen-bond acceptors (Lipinski definition) is 6. The second kappa shape index (κ2) is 8.39. The Morgan fingerprint density at radius 1 is 1.06 bits per heavy atom. The van der Waals surface area contributed by atoms with Crippen molar-refractivity contribution in [1.29, 1.82) is 0 Å². The third kappa shape index (κ3) is 3.76. The summed E-state index contributed by atoms with van der Waals surface area (Å²) in [6.45, 7) is 5.28. The molecule has 0 saturated carbocycles. The minimum absolute atomic E-state index is 0.0799. The van der Waals surface area contributed by atoms with Crippen molar-refractivity contribution in [3.63, 3.8) is 0 Å². The number of amides is 1. The number of amidine groups is 1. The van der Waals surface area contributed by atoms with E-state index >= 15 is 0 Å². The van der Waals surface area contributed by atoms with Crippen LogP contribution < -0.4 is 4.74 Å². The summed E-state index contributed by atoms with van der Waals surface area (Å²) in [5.41, 5.74) is 3.17. The number of piperazine rings is 1. The number of likely N-dealkylation sites (tertiary alicyclic amines) is 1. The van der Waals surface area contributed by atoms with Crippen molar-refractivity contribution < 1.29 is 17.9 Å². The van der Waals surface area contributed by atoms with E-state index in [0.717, 1.165) is 51.3 Å². The first-order valence-corrected chi connectivity index (χ1v) is 13.4. The maximum absolute atomic E-state index is 13.5. The zero-order valence-electron chi connectivity index (χ0n) is 19.0. The molecule has 6 rings (SSSR count). The summed E-state index contributed by atoms with van der Waals surface area (Å²) in [6.07, 6.45) is 2.54. The SMILES string of the molecule is O=C(C1CCCN1C1=NS(=O)(=O)c2ccccc21)N1CCN(Cc2ccc3c(c2)CCO3)CC1. The smallest absolute Gasteiger partial charge is 0.285 e. The van der Waals surface area contributed by atoms with E-state index in [9.17, 15) is 13.2 Å². The van der Waals surface area contributed by atoms with E-state index in [0.29, 0.717) is 31.0 Å². The minimum atomic E-state index is -3.70. The highest BCUT2D eigenvalue weighted by Gasteiger charge is 2.41. The lowest BCUT2D eigenvalue weighted by Crippen LogP contribution is -2.54. The maximum Gasteiger partial charge on any atom is 0.285 e. The van der Waals surface area contributed by atoms with Crippen molar-refractivity contribution >= 4 is 21.8 Å². The predicted molar refractivity (Wildman–Crippen MR) is 127 cm³/mol. The number of benzene rings is 2. The van der Waals surface area contributed by atoms with E-state index in [1.165, 1.54) is 11.1 Å². The van der Waals surface area contributed by atoms with Gasteiger partial charge in [0.05, 0.1) is 6.61 Å². The van der Waals surface area contributed by atoms with Crippen molar-refractivity contribution in [1.82, 2.24) is 14.7 Å². The van der Waals surface area contributed by atoms with Gasteiger partial charge < -0.3 is 14.5 Å². The molecule has 0 spiro atoms. The van der Waals surface area contributed by atoms with Crippen LogP contribution >= 0.6 is 0 Å². The van der Waals surface area contributed by atoms with Crippen molar-refractivity contribution in [2.75, 3.05) is 39.3 Å². The molecule has 9 heteroatoms. The summed E-state index contributed by atoms with van der Waals surface area (Å²) < 4.78 is 34.7. The lowest BCUT2D eigenvalue weighted by Gasteiger charge is -2.37. The quantitative estimate of drug-likeness (QED) is 0.667. The highest BCUT2D eigenvalue weighted by molar-refractivity contribution is 7.90.